The van der Waals surface area contributed by atoms with Crippen LogP contribution in [0.25, 0.3) is 11.1 Å². The minimum atomic E-state index is -0.379. The number of ether oxygens (including phenoxy) is 1. The third-order valence-corrected chi connectivity index (χ3v) is 4.64. The zero-order chi connectivity index (χ0) is 17.2. The van der Waals surface area contributed by atoms with Crippen LogP contribution in [0.5, 0.6) is 0 Å². The number of nitrogens with zero attached hydrogens (tertiary/aromatic N) is 1. The molecule has 0 radical (unpaired) electrons. The number of amides is 1. The number of hydrogen-bond donors (Lipinski definition) is 3. The van der Waals surface area contributed by atoms with Crippen LogP contribution in [0.1, 0.15) is 29.0 Å². The van der Waals surface area contributed by atoms with Gasteiger partial charge in [-0.05, 0) is 32.9 Å². The van der Waals surface area contributed by atoms with Gasteiger partial charge in [-0.25, -0.2) is 4.98 Å². The number of carbonyl (C=O) groups excluding carboxylic acids is 1. The number of piperidine rings is 1. The molecule has 0 bridgehead atoms. The number of nitrogens with one attached hydrogen (secondary N) is 3. The molecule has 8 heteroatoms. The number of aryl methyl sites for hydroxylation is 1. The highest BCUT2D eigenvalue weighted by atomic mass is 16.5. The number of H-pyrrole nitrogens is 1. The molecule has 2 aromatic heterocycles. The van der Waals surface area contributed by atoms with Gasteiger partial charge >= 0.3 is 0 Å². The minimum absolute atomic E-state index is 0.0895. The van der Waals surface area contributed by atoms with Gasteiger partial charge in [-0.15, -0.1) is 0 Å². The fraction of sp³-hybridized carbons (Fsp3) is 0.562. The molecule has 8 nitrogen and oxygen atoms in total. The average Bonchev–Trinajstić information content (AvgIpc) is 2.91. The molecule has 3 N–H and O–H groups in total. The average molecular weight is 334 g/mol. The van der Waals surface area contributed by atoms with Gasteiger partial charge in [-0.1, -0.05) is 0 Å². The van der Waals surface area contributed by atoms with Gasteiger partial charge in [-0.3, -0.25) is 9.59 Å². The highest BCUT2D eigenvalue weighted by molar-refractivity contribution is 6.06. The Balaban J connectivity index is 1.82. The predicted molar refractivity (Wildman–Crippen MR) is 88.1 cm³/mol. The molecular formula is C16H22N4O4. The molecule has 1 fully saturated rings. The first kappa shape index (κ1) is 16.7. The quantitative estimate of drug-likeness (QED) is 0.737. The molecule has 0 unspecified atom stereocenters. The van der Waals surface area contributed by atoms with E-state index in [-0.39, 0.29) is 33.5 Å². The molecule has 1 saturated heterocycles. The Morgan fingerprint density at radius 2 is 2.21 bits per heavy atom. The van der Waals surface area contributed by atoms with E-state index in [1.807, 2.05) is 0 Å². The largest absolute Gasteiger partial charge is 0.442 e. The van der Waals surface area contributed by atoms with Gasteiger partial charge < -0.3 is 24.8 Å². The van der Waals surface area contributed by atoms with Gasteiger partial charge in [0.05, 0.1) is 18.5 Å². The Morgan fingerprint density at radius 3 is 2.92 bits per heavy atom. The smallest absolute Gasteiger partial charge is 0.262 e. The fourth-order valence-corrected chi connectivity index (χ4v) is 3.32. The highest BCUT2D eigenvalue weighted by Crippen LogP contribution is 2.28. The van der Waals surface area contributed by atoms with E-state index in [2.05, 4.69) is 20.6 Å². The second-order valence-corrected chi connectivity index (χ2v) is 6.31. The van der Waals surface area contributed by atoms with Gasteiger partial charge in [0.25, 0.3) is 11.5 Å². The summed E-state index contributed by atoms with van der Waals surface area (Å²) in [6, 6.07) is 0. The van der Waals surface area contributed by atoms with Crippen molar-refractivity contribution in [3.8, 4) is 0 Å². The van der Waals surface area contributed by atoms with Crippen molar-refractivity contribution < 1.29 is 13.9 Å². The van der Waals surface area contributed by atoms with E-state index in [0.717, 1.165) is 25.9 Å². The summed E-state index contributed by atoms with van der Waals surface area (Å²) in [6.45, 7) is 4.53. The molecule has 3 heterocycles. The lowest BCUT2D eigenvalue weighted by Crippen LogP contribution is -2.47. The second-order valence-electron chi connectivity index (χ2n) is 6.31. The van der Waals surface area contributed by atoms with E-state index < -0.39 is 0 Å². The summed E-state index contributed by atoms with van der Waals surface area (Å²) in [5.74, 6) is 0.0663. The Hall–Kier alpha value is -2.19. The third kappa shape index (κ3) is 3.07. The number of rotatable bonds is 5. The first-order valence-electron chi connectivity index (χ1n) is 8.01. The molecule has 130 valence electrons. The number of fused-ring (bicyclic) bond motifs is 1. The Morgan fingerprint density at radius 1 is 1.46 bits per heavy atom. The number of methoxy groups -OCH3 is 1. The molecule has 0 spiro atoms. The van der Waals surface area contributed by atoms with E-state index in [1.165, 1.54) is 6.33 Å². The van der Waals surface area contributed by atoms with E-state index in [4.69, 9.17) is 9.15 Å². The first-order chi connectivity index (χ1) is 11.6. The van der Waals surface area contributed by atoms with Crippen LogP contribution < -0.4 is 16.2 Å². The zero-order valence-corrected chi connectivity index (χ0v) is 13.9. The van der Waals surface area contributed by atoms with Gasteiger partial charge in [-0.2, -0.15) is 0 Å². The lowest BCUT2D eigenvalue weighted by atomic mass is 9.79. The molecule has 1 aliphatic heterocycles. The lowest BCUT2D eigenvalue weighted by Gasteiger charge is -2.37. The van der Waals surface area contributed by atoms with E-state index in [0.29, 0.717) is 18.9 Å². The highest BCUT2D eigenvalue weighted by Gasteiger charge is 2.33. The second kappa shape index (κ2) is 6.74. The summed E-state index contributed by atoms with van der Waals surface area (Å²) in [4.78, 5) is 31.1. The molecule has 3 rings (SSSR count). The number of aromatic nitrogens is 2. The van der Waals surface area contributed by atoms with Crippen molar-refractivity contribution in [2.45, 2.75) is 19.8 Å². The van der Waals surface area contributed by atoms with Crippen molar-refractivity contribution in [2.75, 3.05) is 33.4 Å². The van der Waals surface area contributed by atoms with Crippen LogP contribution in [0.4, 0.5) is 0 Å². The van der Waals surface area contributed by atoms with Crippen LogP contribution in [0, 0.1) is 12.3 Å². The molecule has 2 aromatic rings. The first-order valence-corrected chi connectivity index (χ1v) is 8.01. The summed E-state index contributed by atoms with van der Waals surface area (Å²) in [6.07, 6.45) is 3.11. The Kier molecular flexibility index (Phi) is 4.68. The summed E-state index contributed by atoms with van der Waals surface area (Å²) < 4.78 is 10.8. The summed E-state index contributed by atoms with van der Waals surface area (Å²) in [5, 5.41) is 6.46. The van der Waals surface area contributed by atoms with Crippen molar-refractivity contribution in [3.63, 3.8) is 0 Å². The maximum atomic E-state index is 12.7. The zero-order valence-electron chi connectivity index (χ0n) is 13.9. The SMILES string of the molecule is COCC1(CNC(=O)c2c(C)oc3nc[nH]c(=O)c23)CCNCC1. The molecule has 0 saturated carbocycles. The minimum Gasteiger partial charge on any atom is -0.442 e. The van der Waals surface area contributed by atoms with Crippen LogP contribution in [0.2, 0.25) is 0 Å². The van der Waals surface area contributed by atoms with Crippen LogP contribution >= 0.6 is 0 Å². The van der Waals surface area contributed by atoms with Crippen LogP contribution in [0.15, 0.2) is 15.5 Å². The lowest BCUT2D eigenvalue weighted by molar-refractivity contribution is 0.0511. The molecule has 1 aliphatic rings. The maximum Gasteiger partial charge on any atom is 0.262 e. The van der Waals surface area contributed by atoms with Gasteiger partial charge in [0.15, 0.2) is 0 Å². The predicted octanol–water partition coefficient (Wildman–Crippen LogP) is 0.571. The topological polar surface area (TPSA) is 109 Å². The molecule has 0 atom stereocenters. The van der Waals surface area contributed by atoms with Crippen LogP contribution in [-0.4, -0.2) is 49.2 Å². The van der Waals surface area contributed by atoms with Gasteiger partial charge in [0.2, 0.25) is 5.71 Å². The summed E-state index contributed by atoms with van der Waals surface area (Å²) in [5.41, 5.74) is -0.0421. The molecule has 24 heavy (non-hydrogen) atoms. The standard InChI is InChI=1S/C16H22N4O4/c1-10-11(12-14(22)19-9-20-15(12)24-10)13(21)18-7-16(8-23-2)3-5-17-6-4-16/h9,17H,3-8H2,1-2H3,(H,18,21)(H,19,20,22). The van der Waals surface area contributed by atoms with Crippen LogP contribution in [-0.2, 0) is 4.74 Å². The van der Waals surface area contributed by atoms with Crippen LogP contribution in [0.3, 0.4) is 0 Å². The summed E-state index contributed by atoms with van der Waals surface area (Å²) in [7, 11) is 1.67. The number of aromatic amines is 1. The molecule has 1 amide bonds. The molecule has 0 aromatic carbocycles. The fourth-order valence-electron chi connectivity index (χ4n) is 3.32. The van der Waals surface area contributed by atoms with Gasteiger partial charge in [0.1, 0.15) is 11.1 Å². The van der Waals surface area contributed by atoms with E-state index in [9.17, 15) is 9.59 Å². The third-order valence-electron chi connectivity index (χ3n) is 4.64. The Labute approximate surface area is 139 Å². The maximum absolute atomic E-state index is 12.7. The van der Waals surface area contributed by atoms with E-state index >= 15 is 0 Å². The van der Waals surface area contributed by atoms with Crippen molar-refractivity contribution >= 4 is 17.0 Å². The van der Waals surface area contributed by atoms with Crippen molar-refractivity contribution in [1.29, 1.82) is 0 Å². The molecule has 0 aliphatic carbocycles. The summed E-state index contributed by atoms with van der Waals surface area (Å²) >= 11 is 0. The van der Waals surface area contributed by atoms with E-state index in [1.54, 1.807) is 14.0 Å². The van der Waals surface area contributed by atoms with Crippen molar-refractivity contribution in [3.05, 3.63) is 28.0 Å². The number of carbonyl (C=O) groups is 1. The Bertz CT molecular complexity index is 783. The van der Waals surface area contributed by atoms with Crippen molar-refractivity contribution in [1.82, 2.24) is 20.6 Å². The van der Waals surface area contributed by atoms with Crippen molar-refractivity contribution in [2.24, 2.45) is 5.41 Å². The molecular weight excluding hydrogens is 312 g/mol. The van der Waals surface area contributed by atoms with Gasteiger partial charge in [0, 0.05) is 19.1 Å². The normalized spacial score (nSPS) is 17.1. The number of hydrogen-bond acceptors (Lipinski definition) is 6. The number of furan rings is 1. The monoisotopic (exact) mass is 334 g/mol.